The summed E-state index contributed by atoms with van der Waals surface area (Å²) in [5.41, 5.74) is 3.88. The molecule has 0 bridgehead atoms. The molecule has 7 nitrogen and oxygen atoms in total. The first kappa shape index (κ1) is 28.2. The van der Waals surface area contributed by atoms with Gasteiger partial charge in [-0.15, -0.1) is 0 Å². The second-order valence-electron chi connectivity index (χ2n) is 10.6. The number of amides is 1. The van der Waals surface area contributed by atoms with Gasteiger partial charge in [0.25, 0.3) is 5.91 Å². The zero-order chi connectivity index (χ0) is 28.8. The molecule has 0 unspecified atom stereocenters. The number of aromatic nitrogens is 1. The Hall–Kier alpha value is -4.29. The van der Waals surface area contributed by atoms with Gasteiger partial charge in [0.1, 0.15) is 17.5 Å². The molecule has 212 valence electrons. The van der Waals surface area contributed by atoms with E-state index in [9.17, 15) is 13.6 Å². The summed E-state index contributed by atoms with van der Waals surface area (Å²) in [5.74, 6) is -1.66. The van der Waals surface area contributed by atoms with Crippen molar-refractivity contribution in [3.8, 4) is 11.8 Å². The zero-order valence-electron chi connectivity index (χ0n) is 22.9. The lowest BCUT2D eigenvalue weighted by Gasteiger charge is -2.35. The lowest BCUT2D eigenvalue weighted by molar-refractivity contribution is 0.0903. The molecule has 0 radical (unpaired) electrons. The van der Waals surface area contributed by atoms with Crippen molar-refractivity contribution in [2.24, 2.45) is 0 Å². The maximum absolute atomic E-state index is 13.5. The molecule has 0 spiro atoms. The number of piperidine rings is 2. The third-order valence-corrected chi connectivity index (χ3v) is 7.76. The SMILES string of the molecule is C=C(c1ccc(C(=O)NC2CCN(Cc3ccc(C#N)cc3)CC2)nc1)N1CCC(Oc2ccc(F)c(F)c2)CC1. The van der Waals surface area contributed by atoms with Gasteiger partial charge in [0.2, 0.25) is 0 Å². The Morgan fingerprint density at radius 2 is 1.73 bits per heavy atom. The Bertz CT molecular complexity index is 1410. The number of nitrogens with one attached hydrogen (secondary N) is 1. The highest BCUT2D eigenvalue weighted by atomic mass is 19.2. The Morgan fingerprint density at radius 3 is 2.37 bits per heavy atom. The van der Waals surface area contributed by atoms with Crippen molar-refractivity contribution in [1.29, 1.82) is 5.26 Å². The van der Waals surface area contributed by atoms with Crippen LogP contribution in [-0.2, 0) is 6.54 Å². The van der Waals surface area contributed by atoms with Gasteiger partial charge in [0, 0.05) is 75.1 Å². The van der Waals surface area contributed by atoms with Crippen LogP contribution in [0, 0.1) is 23.0 Å². The van der Waals surface area contributed by atoms with Gasteiger partial charge in [0.15, 0.2) is 11.6 Å². The summed E-state index contributed by atoms with van der Waals surface area (Å²) < 4.78 is 32.5. The summed E-state index contributed by atoms with van der Waals surface area (Å²) >= 11 is 0. The van der Waals surface area contributed by atoms with Gasteiger partial charge in [-0.25, -0.2) is 8.78 Å². The second kappa shape index (κ2) is 12.9. The molecule has 0 aliphatic carbocycles. The molecule has 0 atom stereocenters. The second-order valence-corrected chi connectivity index (χ2v) is 10.6. The topological polar surface area (TPSA) is 81.5 Å². The quantitative estimate of drug-likeness (QED) is 0.413. The maximum atomic E-state index is 13.5. The van der Waals surface area contributed by atoms with Crippen molar-refractivity contribution in [2.45, 2.75) is 44.4 Å². The van der Waals surface area contributed by atoms with Crippen molar-refractivity contribution in [1.82, 2.24) is 20.1 Å². The number of hydrogen-bond acceptors (Lipinski definition) is 6. The third kappa shape index (κ3) is 7.27. The Labute approximate surface area is 239 Å². The van der Waals surface area contributed by atoms with E-state index in [-0.39, 0.29) is 18.1 Å². The first-order chi connectivity index (χ1) is 19.9. The monoisotopic (exact) mass is 557 g/mol. The molecule has 2 aliphatic heterocycles. The molecular weight excluding hydrogens is 524 g/mol. The number of likely N-dealkylation sites (tertiary alicyclic amines) is 2. The van der Waals surface area contributed by atoms with Crippen LogP contribution in [0.5, 0.6) is 5.75 Å². The Kier molecular flexibility index (Phi) is 8.90. The minimum atomic E-state index is -0.917. The molecule has 2 aromatic carbocycles. The standard InChI is InChI=1S/C32H33F2N5O2/c1-22(39-16-12-27(13-17-39)41-28-7-8-29(33)30(34)18-28)25-6-9-31(36-20-25)32(40)37-26-10-14-38(15-11-26)21-24-4-2-23(19-35)3-5-24/h2-9,18,20,26-27H,1,10-17,21H2,(H,37,40). The predicted molar refractivity (Wildman–Crippen MR) is 152 cm³/mol. The van der Waals surface area contributed by atoms with Gasteiger partial charge in [-0.3, -0.25) is 14.7 Å². The van der Waals surface area contributed by atoms with Crippen molar-refractivity contribution < 1.29 is 18.3 Å². The normalized spacial score (nSPS) is 16.7. The fourth-order valence-electron chi connectivity index (χ4n) is 5.31. The molecule has 1 N–H and O–H groups in total. The highest BCUT2D eigenvalue weighted by molar-refractivity contribution is 5.92. The number of carbonyl (C=O) groups excluding carboxylic acids is 1. The third-order valence-electron chi connectivity index (χ3n) is 7.76. The van der Waals surface area contributed by atoms with E-state index in [2.05, 4.69) is 32.7 Å². The highest BCUT2D eigenvalue weighted by Gasteiger charge is 2.24. The lowest BCUT2D eigenvalue weighted by atomic mass is 10.0. The first-order valence-corrected chi connectivity index (χ1v) is 13.9. The van der Waals surface area contributed by atoms with E-state index < -0.39 is 11.6 Å². The van der Waals surface area contributed by atoms with E-state index >= 15 is 0 Å². The molecule has 9 heteroatoms. The molecular formula is C32H33F2N5O2. The zero-order valence-corrected chi connectivity index (χ0v) is 22.9. The number of nitriles is 1. The van der Waals surface area contributed by atoms with Crippen LogP contribution in [-0.4, -0.2) is 59.0 Å². The number of nitrogens with zero attached hydrogens (tertiary/aromatic N) is 4. The Morgan fingerprint density at radius 1 is 1.00 bits per heavy atom. The summed E-state index contributed by atoms with van der Waals surface area (Å²) in [4.78, 5) is 21.8. The fourth-order valence-corrected chi connectivity index (χ4v) is 5.31. The summed E-state index contributed by atoms with van der Waals surface area (Å²) in [6.07, 6.45) is 4.77. The maximum Gasteiger partial charge on any atom is 0.270 e. The number of pyridine rings is 1. The number of benzene rings is 2. The fraction of sp³-hybridized carbons (Fsp3) is 0.344. The average Bonchev–Trinajstić information content (AvgIpc) is 3.00. The molecule has 3 aromatic rings. The van der Waals surface area contributed by atoms with E-state index in [0.717, 1.165) is 68.7 Å². The molecule has 2 saturated heterocycles. The molecule has 3 heterocycles. The van der Waals surface area contributed by atoms with Gasteiger partial charge < -0.3 is 15.0 Å². The van der Waals surface area contributed by atoms with E-state index in [1.165, 1.54) is 11.6 Å². The van der Waals surface area contributed by atoms with E-state index in [1.54, 1.807) is 12.3 Å². The van der Waals surface area contributed by atoms with Gasteiger partial charge in [0.05, 0.1) is 11.6 Å². The summed E-state index contributed by atoms with van der Waals surface area (Å²) in [5, 5.41) is 12.1. The van der Waals surface area contributed by atoms with Gasteiger partial charge >= 0.3 is 0 Å². The molecule has 41 heavy (non-hydrogen) atoms. The summed E-state index contributed by atoms with van der Waals surface area (Å²) in [7, 11) is 0. The van der Waals surface area contributed by atoms with E-state index in [1.807, 2.05) is 30.3 Å². The first-order valence-electron chi connectivity index (χ1n) is 13.9. The van der Waals surface area contributed by atoms with Crippen LogP contribution in [0.2, 0.25) is 0 Å². The smallest absolute Gasteiger partial charge is 0.270 e. The average molecular weight is 558 g/mol. The number of carbonyl (C=O) groups is 1. The van der Waals surface area contributed by atoms with Crippen LogP contribution in [0.3, 0.4) is 0 Å². The van der Waals surface area contributed by atoms with E-state index in [0.29, 0.717) is 30.1 Å². The largest absolute Gasteiger partial charge is 0.490 e. The molecule has 0 saturated carbocycles. The van der Waals surface area contributed by atoms with Crippen LogP contribution in [0.15, 0.2) is 67.4 Å². The molecule has 2 fully saturated rings. The van der Waals surface area contributed by atoms with Crippen molar-refractivity contribution in [3.63, 3.8) is 0 Å². The van der Waals surface area contributed by atoms with Gasteiger partial charge in [-0.2, -0.15) is 5.26 Å². The lowest BCUT2D eigenvalue weighted by Crippen LogP contribution is -2.44. The number of ether oxygens (including phenoxy) is 1. The van der Waals surface area contributed by atoms with Gasteiger partial charge in [-0.1, -0.05) is 18.7 Å². The summed E-state index contributed by atoms with van der Waals surface area (Å²) in [6.45, 7) is 8.25. The highest BCUT2D eigenvalue weighted by Crippen LogP contribution is 2.25. The molecule has 1 aromatic heterocycles. The van der Waals surface area contributed by atoms with Crippen LogP contribution in [0.1, 0.15) is 52.9 Å². The minimum Gasteiger partial charge on any atom is -0.490 e. The van der Waals surface area contributed by atoms with Crippen LogP contribution in [0.25, 0.3) is 5.70 Å². The van der Waals surface area contributed by atoms with E-state index in [4.69, 9.17) is 10.00 Å². The van der Waals surface area contributed by atoms with Crippen molar-refractivity contribution >= 4 is 11.6 Å². The molecule has 5 rings (SSSR count). The molecule has 2 aliphatic rings. The number of hydrogen-bond donors (Lipinski definition) is 1. The number of halogens is 2. The summed E-state index contributed by atoms with van der Waals surface area (Å²) in [6, 6.07) is 17.1. The van der Waals surface area contributed by atoms with Crippen molar-refractivity contribution in [2.75, 3.05) is 26.2 Å². The minimum absolute atomic E-state index is 0.0871. The predicted octanol–water partition coefficient (Wildman–Crippen LogP) is 5.14. The van der Waals surface area contributed by atoms with Crippen LogP contribution >= 0.6 is 0 Å². The molecule has 1 amide bonds. The number of rotatable bonds is 8. The van der Waals surface area contributed by atoms with Gasteiger partial charge in [-0.05, 0) is 54.8 Å². The van der Waals surface area contributed by atoms with Crippen molar-refractivity contribution in [3.05, 3.63) is 101 Å². The van der Waals surface area contributed by atoms with Crippen LogP contribution in [0.4, 0.5) is 8.78 Å². The Balaban J connectivity index is 1.05. The van der Waals surface area contributed by atoms with Crippen LogP contribution < -0.4 is 10.1 Å².